The van der Waals surface area contributed by atoms with Crippen LogP contribution in [0.25, 0.3) is 0 Å². The van der Waals surface area contributed by atoms with Gasteiger partial charge in [-0.05, 0) is 34.0 Å². The van der Waals surface area contributed by atoms with E-state index in [2.05, 4.69) is 20.9 Å². The summed E-state index contributed by atoms with van der Waals surface area (Å²) in [5, 5.41) is 11.1. The lowest BCUT2D eigenvalue weighted by atomic mass is 10.1. The van der Waals surface area contributed by atoms with Crippen molar-refractivity contribution in [3.8, 4) is 5.75 Å². The third kappa shape index (κ3) is 3.67. The van der Waals surface area contributed by atoms with Crippen LogP contribution in [-0.2, 0) is 13.0 Å². The van der Waals surface area contributed by atoms with Crippen LogP contribution in [0.2, 0.25) is 0 Å². The standard InChI is InChI=1S/C15H13BrN2O4/c1-2-11-4-3-10(5-14(11)18(20)21)9-22-15-6-12(16)7-17-13(15)8-19/h3-8H,2,9H2,1H3. The predicted molar refractivity (Wildman–Crippen MR) is 84.1 cm³/mol. The Morgan fingerprint density at radius 1 is 1.41 bits per heavy atom. The van der Waals surface area contributed by atoms with Crippen molar-refractivity contribution < 1.29 is 14.5 Å². The average Bonchev–Trinajstić information content (AvgIpc) is 2.52. The summed E-state index contributed by atoms with van der Waals surface area (Å²) in [6.45, 7) is 1.98. The van der Waals surface area contributed by atoms with Crippen molar-refractivity contribution in [2.45, 2.75) is 20.0 Å². The van der Waals surface area contributed by atoms with Gasteiger partial charge in [-0.2, -0.15) is 0 Å². The van der Waals surface area contributed by atoms with Gasteiger partial charge in [0.15, 0.2) is 6.29 Å². The zero-order valence-corrected chi connectivity index (χ0v) is 13.4. The molecule has 0 aliphatic carbocycles. The lowest BCUT2D eigenvalue weighted by Gasteiger charge is -2.09. The Labute approximate surface area is 135 Å². The highest BCUT2D eigenvalue weighted by molar-refractivity contribution is 9.10. The number of nitro groups is 1. The maximum absolute atomic E-state index is 11.1. The lowest BCUT2D eigenvalue weighted by molar-refractivity contribution is -0.385. The second-order valence-electron chi connectivity index (χ2n) is 4.52. The second-order valence-corrected chi connectivity index (χ2v) is 5.43. The van der Waals surface area contributed by atoms with Crippen molar-refractivity contribution in [1.82, 2.24) is 4.98 Å². The monoisotopic (exact) mass is 364 g/mol. The molecule has 0 atom stereocenters. The topological polar surface area (TPSA) is 82.3 Å². The van der Waals surface area contributed by atoms with E-state index in [1.165, 1.54) is 12.3 Å². The number of aldehydes is 1. The van der Waals surface area contributed by atoms with Gasteiger partial charge in [0.25, 0.3) is 5.69 Å². The second kappa shape index (κ2) is 7.13. The van der Waals surface area contributed by atoms with E-state index in [0.29, 0.717) is 34.1 Å². The molecule has 1 aromatic carbocycles. The molecule has 0 bridgehead atoms. The van der Waals surface area contributed by atoms with E-state index in [0.717, 1.165) is 0 Å². The van der Waals surface area contributed by atoms with Crippen LogP contribution in [0.1, 0.15) is 28.5 Å². The van der Waals surface area contributed by atoms with Crippen LogP contribution in [0.3, 0.4) is 0 Å². The summed E-state index contributed by atoms with van der Waals surface area (Å²) >= 11 is 3.25. The Kier molecular flexibility index (Phi) is 5.21. The number of aryl methyl sites for hydroxylation is 1. The number of ether oxygens (including phenoxy) is 1. The molecule has 0 aliphatic heterocycles. The van der Waals surface area contributed by atoms with Crippen LogP contribution in [0, 0.1) is 10.1 Å². The van der Waals surface area contributed by atoms with Crippen molar-refractivity contribution >= 4 is 27.9 Å². The van der Waals surface area contributed by atoms with E-state index >= 15 is 0 Å². The summed E-state index contributed by atoms with van der Waals surface area (Å²) in [6.07, 6.45) is 2.68. The quantitative estimate of drug-likeness (QED) is 0.443. The van der Waals surface area contributed by atoms with Gasteiger partial charge in [0, 0.05) is 22.3 Å². The van der Waals surface area contributed by atoms with Crippen LogP contribution in [0.15, 0.2) is 34.9 Å². The van der Waals surface area contributed by atoms with Gasteiger partial charge in [-0.15, -0.1) is 0 Å². The molecule has 0 aliphatic rings. The van der Waals surface area contributed by atoms with Crippen LogP contribution in [-0.4, -0.2) is 16.2 Å². The van der Waals surface area contributed by atoms with Crippen LogP contribution >= 0.6 is 15.9 Å². The molecule has 0 saturated carbocycles. The Balaban J connectivity index is 2.22. The summed E-state index contributed by atoms with van der Waals surface area (Å²) in [4.78, 5) is 25.5. The van der Waals surface area contributed by atoms with Gasteiger partial charge in [-0.25, -0.2) is 4.98 Å². The minimum Gasteiger partial charge on any atom is -0.486 e. The maximum atomic E-state index is 11.1. The molecular weight excluding hydrogens is 352 g/mol. The minimum atomic E-state index is -0.403. The van der Waals surface area contributed by atoms with Crippen molar-refractivity contribution in [3.63, 3.8) is 0 Å². The van der Waals surface area contributed by atoms with E-state index in [1.54, 1.807) is 18.2 Å². The van der Waals surface area contributed by atoms with Gasteiger partial charge in [-0.3, -0.25) is 14.9 Å². The molecule has 0 spiro atoms. The van der Waals surface area contributed by atoms with Crippen LogP contribution < -0.4 is 4.74 Å². The first-order valence-electron chi connectivity index (χ1n) is 6.54. The SMILES string of the molecule is CCc1ccc(COc2cc(Br)cnc2C=O)cc1[N+](=O)[O-]. The number of pyridine rings is 1. The molecule has 2 rings (SSSR count). The molecule has 0 unspecified atom stereocenters. The summed E-state index contributed by atoms with van der Waals surface area (Å²) in [5.41, 5.74) is 1.58. The van der Waals surface area contributed by atoms with Gasteiger partial charge in [0.05, 0.1) is 4.92 Å². The Morgan fingerprint density at radius 3 is 2.82 bits per heavy atom. The Hall–Kier alpha value is -2.28. The number of carbonyl (C=O) groups is 1. The zero-order chi connectivity index (χ0) is 16.1. The normalized spacial score (nSPS) is 10.3. The van der Waals surface area contributed by atoms with Crippen molar-refractivity contribution in [2.24, 2.45) is 0 Å². The molecule has 6 nitrogen and oxygen atoms in total. The molecule has 7 heteroatoms. The zero-order valence-electron chi connectivity index (χ0n) is 11.8. The number of nitro benzene ring substituents is 1. The van der Waals surface area contributed by atoms with E-state index in [9.17, 15) is 14.9 Å². The Bertz CT molecular complexity index is 719. The average molecular weight is 365 g/mol. The van der Waals surface area contributed by atoms with E-state index < -0.39 is 4.92 Å². The number of carbonyl (C=O) groups excluding carboxylic acids is 1. The van der Waals surface area contributed by atoms with Gasteiger partial charge in [-0.1, -0.05) is 19.1 Å². The summed E-state index contributed by atoms with van der Waals surface area (Å²) in [6, 6.07) is 6.62. The summed E-state index contributed by atoms with van der Waals surface area (Å²) in [7, 11) is 0. The van der Waals surface area contributed by atoms with Gasteiger partial charge < -0.3 is 4.74 Å². The Morgan fingerprint density at radius 2 is 2.18 bits per heavy atom. The van der Waals surface area contributed by atoms with E-state index in [1.807, 2.05) is 6.92 Å². The third-order valence-electron chi connectivity index (χ3n) is 3.08. The highest BCUT2D eigenvalue weighted by Gasteiger charge is 2.14. The molecular formula is C15H13BrN2O4. The number of nitrogens with zero attached hydrogens (tertiary/aromatic N) is 2. The molecule has 0 saturated heterocycles. The van der Waals surface area contributed by atoms with Crippen LogP contribution in [0.4, 0.5) is 5.69 Å². The van der Waals surface area contributed by atoms with Crippen LogP contribution in [0.5, 0.6) is 5.75 Å². The number of benzene rings is 1. The smallest absolute Gasteiger partial charge is 0.272 e. The maximum Gasteiger partial charge on any atom is 0.272 e. The highest BCUT2D eigenvalue weighted by atomic mass is 79.9. The molecule has 1 heterocycles. The fourth-order valence-corrected chi connectivity index (χ4v) is 2.27. The molecule has 114 valence electrons. The summed E-state index contributed by atoms with van der Waals surface area (Å²) in [5.74, 6) is 0.326. The number of aromatic nitrogens is 1. The molecule has 0 amide bonds. The fraction of sp³-hybridized carbons (Fsp3) is 0.200. The predicted octanol–water partition coefficient (Wildman–Crippen LogP) is 3.71. The molecule has 0 radical (unpaired) electrons. The van der Waals surface area contributed by atoms with Crippen molar-refractivity contribution in [1.29, 1.82) is 0 Å². The number of hydrogen-bond donors (Lipinski definition) is 0. The highest BCUT2D eigenvalue weighted by Crippen LogP contribution is 2.24. The number of hydrogen-bond acceptors (Lipinski definition) is 5. The molecule has 0 fully saturated rings. The first kappa shape index (κ1) is 16.1. The van der Waals surface area contributed by atoms with Crippen molar-refractivity contribution in [2.75, 3.05) is 0 Å². The van der Waals surface area contributed by atoms with Crippen molar-refractivity contribution in [3.05, 3.63) is 61.9 Å². The van der Waals surface area contributed by atoms with Gasteiger partial charge in [0.1, 0.15) is 18.1 Å². The van der Waals surface area contributed by atoms with Gasteiger partial charge in [0.2, 0.25) is 0 Å². The molecule has 22 heavy (non-hydrogen) atoms. The van der Waals surface area contributed by atoms with E-state index in [-0.39, 0.29) is 18.0 Å². The van der Waals surface area contributed by atoms with E-state index in [4.69, 9.17) is 4.74 Å². The lowest BCUT2D eigenvalue weighted by Crippen LogP contribution is -2.02. The van der Waals surface area contributed by atoms with Gasteiger partial charge >= 0.3 is 0 Å². The largest absolute Gasteiger partial charge is 0.486 e. The first-order chi connectivity index (χ1) is 10.5. The molecule has 1 aromatic heterocycles. The number of rotatable bonds is 6. The number of halogens is 1. The third-order valence-corrected chi connectivity index (χ3v) is 3.52. The molecule has 2 aromatic rings. The summed E-state index contributed by atoms with van der Waals surface area (Å²) < 4.78 is 6.24. The minimum absolute atomic E-state index is 0.0755. The molecule has 0 N–H and O–H groups in total. The first-order valence-corrected chi connectivity index (χ1v) is 7.34. The fourth-order valence-electron chi connectivity index (χ4n) is 1.96.